The van der Waals surface area contributed by atoms with Gasteiger partial charge in [-0.2, -0.15) is 0 Å². The first-order valence-corrected chi connectivity index (χ1v) is 8.49. The van der Waals surface area contributed by atoms with Gasteiger partial charge in [-0.15, -0.1) is 0 Å². The standard InChI is InChI=1S/C15H17N2OP/c1-19(18)16(14-8-4-2-5-9-14)12-13-17(19)15-10-6-3-7-11-15/h2-11H,12-13H2,1H3. The molecule has 3 rings (SSSR count). The predicted octanol–water partition coefficient (Wildman–Crippen LogP) is 3.84. The minimum atomic E-state index is -2.54. The van der Waals surface area contributed by atoms with E-state index < -0.39 is 7.44 Å². The zero-order valence-electron chi connectivity index (χ0n) is 10.9. The topological polar surface area (TPSA) is 23.6 Å². The van der Waals surface area contributed by atoms with E-state index in [0.29, 0.717) is 0 Å². The van der Waals surface area contributed by atoms with Crippen LogP contribution in [0.15, 0.2) is 60.7 Å². The summed E-state index contributed by atoms with van der Waals surface area (Å²) in [5, 5.41) is 0. The van der Waals surface area contributed by atoms with Gasteiger partial charge in [0.15, 0.2) is 0 Å². The fraction of sp³-hybridized carbons (Fsp3) is 0.200. The van der Waals surface area contributed by atoms with Crippen molar-refractivity contribution in [2.24, 2.45) is 0 Å². The second-order valence-electron chi connectivity index (χ2n) is 4.75. The maximum absolute atomic E-state index is 13.1. The molecule has 1 saturated heterocycles. The van der Waals surface area contributed by atoms with Crippen LogP contribution < -0.4 is 9.34 Å². The zero-order valence-corrected chi connectivity index (χ0v) is 11.8. The monoisotopic (exact) mass is 272 g/mol. The minimum Gasteiger partial charge on any atom is -0.305 e. The molecule has 0 unspecified atom stereocenters. The van der Waals surface area contributed by atoms with Crippen LogP contribution in [0, 0.1) is 0 Å². The van der Waals surface area contributed by atoms with Crippen molar-refractivity contribution in [1.29, 1.82) is 0 Å². The van der Waals surface area contributed by atoms with Gasteiger partial charge in [-0.25, -0.2) is 0 Å². The van der Waals surface area contributed by atoms with Gasteiger partial charge in [-0.1, -0.05) is 36.4 Å². The Morgan fingerprint density at radius 3 is 1.53 bits per heavy atom. The number of nitrogens with zero attached hydrogens (tertiary/aromatic N) is 2. The molecule has 0 spiro atoms. The van der Waals surface area contributed by atoms with Crippen molar-refractivity contribution >= 4 is 18.8 Å². The molecule has 0 N–H and O–H groups in total. The maximum atomic E-state index is 13.1. The molecule has 19 heavy (non-hydrogen) atoms. The Kier molecular flexibility index (Phi) is 3.08. The second kappa shape index (κ2) is 4.75. The lowest BCUT2D eigenvalue weighted by atomic mass is 10.3. The molecule has 1 aliphatic heterocycles. The largest absolute Gasteiger partial charge is 0.305 e. The van der Waals surface area contributed by atoms with E-state index in [-0.39, 0.29) is 0 Å². The summed E-state index contributed by atoms with van der Waals surface area (Å²) >= 11 is 0. The summed E-state index contributed by atoms with van der Waals surface area (Å²) in [5.74, 6) is 0. The summed E-state index contributed by atoms with van der Waals surface area (Å²) in [6.07, 6.45) is 0. The summed E-state index contributed by atoms with van der Waals surface area (Å²) in [7, 11) is -2.54. The SMILES string of the molecule is CP1(=O)N(c2ccccc2)CCN1c1ccccc1. The molecular formula is C15H17N2OP. The molecule has 98 valence electrons. The van der Waals surface area contributed by atoms with Crippen molar-refractivity contribution < 1.29 is 4.57 Å². The quantitative estimate of drug-likeness (QED) is 0.776. The Labute approximate surface area is 113 Å². The average molecular weight is 272 g/mol. The van der Waals surface area contributed by atoms with E-state index in [2.05, 4.69) is 0 Å². The maximum Gasteiger partial charge on any atom is 0.260 e. The van der Waals surface area contributed by atoms with Crippen molar-refractivity contribution in [2.45, 2.75) is 0 Å². The molecule has 0 bridgehead atoms. The predicted molar refractivity (Wildman–Crippen MR) is 81.1 cm³/mol. The van der Waals surface area contributed by atoms with Gasteiger partial charge in [0.25, 0.3) is 7.44 Å². The number of hydrogen-bond donors (Lipinski definition) is 0. The molecular weight excluding hydrogens is 255 g/mol. The van der Waals surface area contributed by atoms with Gasteiger partial charge in [-0.3, -0.25) is 4.57 Å². The van der Waals surface area contributed by atoms with E-state index in [1.165, 1.54) is 0 Å². The smallest absolute Gasteiger partial charge is 0.260 e. The molecule has 0 radical (unpaired) electrons. The van der Waals surface area contributed by atoms with Crippen molar-refractivity contribution in [2.75, 3.05) is 29.1 Å². The highest BCUT2D eigenvalue weighted by molar-refractivity contribution is 7.66. The Hall–Kier alpha value is -1.73. The van der Waals surface area contributed by atoms with Crippen molar-refractivity contribution in [3.63, 3.8) is 0 Å². The van der Waals surface area contributed by atoms with E-state index in [1.807, 2.05) is 76.7 Å². The Morgan fingerprint density at radius 1 is 0.789 bits per heavy atom. The molecule has 4 heteroatoms. The van der Waals surface area contributed by atoms with Crippen molar-refractivity contribution in [3.8, 4) is 0 Å². The van der Waals surface area contributed by atoms with Crippen LogP contribution in [0.5, 0.6) is 0 Å². The van der Waals surface area contributed by atoms with Gasteiger partial charge in [0, 0.05) is 31.1 Å². The average Bonchev–Trinajstić information content (AvgIpc) is 2.76. The summed E-state index contributed by atoms with van der Waals surface area (Å²) < 4.78 is 17.2. The van der Waals surface area contributed by atoms with Crippen LogP contribution in [0.25, 0.3) is 0 Å². The molecule has 2 aromatic rings. The first-order valence-electron chi connectivity index (χ1n) is 6.43. The van der Waals surface area contributed by atoms with Crippen LogP contribution in [0.2, 0.25) is 0 Å². The normalized spacial score (nSPS) is 17.7. The van der Waals surface area contributed by atoms with Gasteiger partial charge in [0.1, 0.15) is 0 Å². The Morgan fingerprint density at radius 2 is 1.16 bits per heavy atom. The highest BCUT2D eigenvalue weighted by Gasteiger charge is 2.38. The minimum absolute atomic E-state index is 0.798. The Balaban J connectivity index is 1.95. The second-order valence-corrected chi connectivity index (χ2v) is 7.39. The summed E-state index contributed by atoms with van der Waals surface area (Å²) in [4.78, 5) is 0. The molecule has 1 heterocycles. The van der Waals surface area contributed by atoms with Crippen LogP contribution in [0.1, 0.15) is 0 Å². The molecule has 1 aliphatic rings. The molecule has 3 nitrogen and oxygen atoms in total. The van der Waals surface area contributed by atoms with Gasteiger partial charge in [-0.05, 0) is 24.3 Å². The Bertz CT molecular complexity index is 549. The third-order valence-corrected chi connectivity index (χ3v) is 6.18. The number of rotatable bonds is 2. The number of hydrogen-bond acceptors (Lipinski definition) is 1. The fourth-order valence-electron chi connectivity index (χ4n) is 2.58. The molecule has 0 aromatic heterocycles. The highest BCUT2D eigenvalue weighted by Crippen LogP contribution is 2.57. The molecule has 1 fully saturated rings. The van der Waals surface area contributed by atoms with Gasteiger partial charge >= 0.3 is 0 Å². The van der Waals surface area contributed by atoms with E-state index >= 15 is 0 Å². The molecule has 2 aromatic carbocycles. The molecule has 0 amide bonds. The summed E-state index contributed by atoms with van der Waals surface area (Å²) in [6.45, 7) is 3.44. The number of benzene rings is 2. The van der Waals surface area contributed by atoms with E-state index in [1.54, 1.807) is 0 Å². The molecule has 0 atom stereocenters. The number of anilines is 2. The lowest BCUT2D eigenvalue weighted by Gasteiger charge is -2.29. The lowest BCUT2D eigenvalue weighted by Crippen LogP contribution is -2.17. The van der Waals surface area contributed by atoms with Crippen LogP contribution in [-0.2, 0) is 4.57 Å². The summed E-state index contributed by atoms with van der Waals surface area (Å²) in [6, 6.07) is 20.0. The van der Waals surface area contributed by atoms with E-state index in [0.717, 1.165) is 24.5 Å². The first-order chi connectivity index (χ1) is 9.19. The van der Waals surface area contributed by atoms with Crippen LogP contribution in [0.3, 0.4) is 0 Å². The molecule has 0 aliphatic carbocycles. The lowest BCUT2D eigenvalue weighted by molar-refractivity contribution is 0.579. The van der Waals surface area contributed by atoms with Crippen molar-refractivity contribution in [3.05, 3.63) is 60.7 Å². The van der Waals surface area contributed by atoms with Gasteiger partial charge in [0.2, 0.25) is 0 Å². The summed E-state index contributed by atoms with van der Waals surface area (Å²) in [5.41, 5.74) is 2.07. The first kappa shape index (κ1) is 12.3. The highest BCUT2D eigenvalue weighted by atomic mass is 31.2. The zero-order chi connectivity index (χ0) is 13.3. The number of para-hydroxylation sites is 2. The van der Waals surface area contributed by atoms with Gasteiger partial charge in [0.05, 0.1) is 0 Å². The third-order valence-electron chi connectivity index (χ3n) is 3.53. The van der Waals surface area contributed by atoms with Crippen LogP contribution in [0.4, 0.5) is 11.4 Å². The fourth-order valence-corrected chi connectivity index (χ4v) is 4.88. The van der Waals surface area contributed by atoms with E-state index in [4.69, 9.17) is 0 Å². The van der Waals surface area contributed by atoms with Crippen molar-refractivity contribution in [1.82, 2.24) is 0 Å². The van der Waals surface area contributed by atoms with Crippen LogP contribution >= 0.6 is 7.44 Å². The third kappa shape index (κ3) is 2.15. The van der Waals surface area contributed by atoms with Crippen LogP contribution in [-0.4, -0.2) is 19.8 Å². The molecule has 0 saturated carbocycles. The van der Waals surface area contributed by atoms with E-state index in [9.17, 15) is 4.57 Å². The van der Waals surface area contributed by atoms with Gasteiger partial charge < -0.3 is 9.34 Å².